The van der Waals surface area contributed by atoms with Gasteiger partial charge in [-0.2, -0.15) is 0 Å². The number of rotatable bonds is 2. The third kappa shape index (κ3) is 3.69. The van der Waals surface area contributed by atoms with Crippen molar-refractivity contribution >= 4 is 74.3 Å². The monoisotopic (exact) mass is 245 g/mol. The van der Waals surface area contributed by atoms with Crippen LogP contribution in [-0.4, -0.2) is 67.8 Å². The Morgan fingerprint density at radius 3 is 2.53 bits per heavy atom. The van der Waals surface area contributed by atoms with Gasteiger partial charge in [0, 0.05) is 56.6 Å². The number of aliphatic imine (C=N–C) groups is 1. The minimum atomic E-state index is -0.365. The summed E-state index contributed by atoms with van der Waals surface area (Å²) in [6.07, 6.45) is 0.583. The van der Waals surface area contributed by atoms with Crippen LogP contribution in [0.1, 0.15) is 5.56 Å². The summed E-state index contributed by atoms with van der Waals surface area (Å²) in [5.74, 6) is -0.302. The summed E-state index contributed by atoms with van der Waals surface area (Å²) in [4.78, 5) is 14.5. The average Bonchev–Trinajstić information content (AvgIpc) is 2.47. The van der Waals surface area contributed by atoms with E-state index in [0.717, 1.165) is 17.3 Å². The summed E-state index contributed by atoms with van der Waals surface area (Å²) in [5.41, 5.74) is 1.06. The molecule has 1 atom stereocenters. The van der Waals surface area contributed by atoms with Gasteiger partial charge in [-0.05, 0) is 12.0 Å². The Morgan fingerprint density at radius 2 is 2.00 bits per heavy atom. The molecule has 73 valence electrons. The second kappa shape index (κ2) is 6.17. The van der Waals surface area contributed by atoms with Gasteiger partial charge >= 0.3 is 0 Å². The van der Waals surface area contributed by atoms with Crippen LogP contribution in [-0.2, 0) is 11.2 Å². The Morgan fingerprint density at radius 1 is 1.33 bits per heavy atom. The molecule has 0 fully saturated rings. The molecule has 0 saturated heterocycles. The molecule has 2 rings (SSSR count). The molecule has 0 bridgehead atoms. The Labute approximate surface area is 135 Å². The summed E-state index contributed by atoms with van der Waals surface area (Å²) in [6.45, 7) is 0. The Kier molecular flexibility index (Phi) is 5.52. The van der Waals surface area contributed by atoms with E-state index in [1.54, 1.807) is 0 Å². The topological polar surface area (TPSA) is 52.5 Å². The number of carbonyl (C=O) groups excluding carboxylic acids is 1. The van der Waals surface area contributed by atoms with Crippen LogP contribution < -0.4 is 5.11 Å². The summed E-state index contributed by atoms with van der Waals surface area (Å²) >= 11 is 1.01. The fourth-order valence-electron chi connectivity index (χ4n) is 1.32. The molecule has 1 aromatic carbocycles. The second-order valence-corrected chi connectivity index (χ2v) is 4.17. The molecule has 1 aromatic rings. The fourth-order valence-corrected chi connectivity index (χ4v) is 2.13. The molecule has 5 heteroatoms. The van der Waals surface area contributed by atoms with Crippen molar-refractivity contribution in [3.8, 4) is 0 Å². The van der Waals surface area contributed by atoms with Gasteiger partial charge in [-0.15, -0.1) is 11.8 Å². The molecule has 0 aromatic heterocycles. The normalized spacial score (nSPS) is 19.6. The zero-order valence-electron chi connectivity index (χ0n) is 8.34. The molecule has 15 heavy (non-hydrogen) atoms. The third-order valence-electron chi connectivity index (χ3n) is 1.98. The molecule has 1 unspecified atom stereocenters. The number of nitrogens with zero attached hydrogens (tertiary/aromatic N) is 1. The minimum absolute atomic E-state index is 0. The predicted octanol–water partition coefficient (Wildman–Crippen LogP) is 0.207. The van der Waals surface area contributed by atoms with Gasteiger partial charge in [-0.3, -0.25) is 4.79 Å². The van der Waals surface area contributed by atoms with Gasteiger partial charge in [0.1, 0.15) is 0 Å². The molecule has 3 nitrogen and oxygen atoms in total. The molecular weight excluding hydrogens is 237 g/mol. The van der Waals surface area contributed by atoms with Crippen molar-refractivity contribution in [1.29, 1.82) is 0 Å². The van der Waals surface area contributed by atoms with E-state index in [-0.39, 0.29) is 67.8 Å². The number of benzene rings is 1. The maximum absolute atomic E-state index is 11.2. The number of carbonyl (C=O) groups is 1. The first kappa shape index (κ1) is 13.4. The first-order valence-corrected chi connectivity index (χ1v) is 5.14. The van der Waals surface area contributed by atoms with Crippen LogP contribution in [0.15, 0.2) is 35.3 Å². The quantitative estimate of drug-likeness (QED) is 0.700. The smallest absolute Gasteiger partial charge is 0.259 e. The van der Waals surface area contributed by atoms with Crippen molar-refractivity contribution in [3.05, 3.63) is 35.9 Å². The van der Waals surface area contributed by atoms with E-state index < -0.39 is 0 Å². The van der Waals surface area contributed by atoms with Crippen LogP contribution in [0.25, 0.3) is 0 Å². The third-order valence-corrected chi connectivity index (χ3v) is 2.93. The second-order valence-electron chi connectivity index (χ2n) is 3.01. The van der Waals surface area contributed by atoms with Gasteiger partial charge < -0.3 is 5.11 Å². The maximum atomic E-state index is 11.2. The number of amides is 1. The van der Waals surface area contributed by atoms with Crippen molar-refractivity contribution in [2.45, 2.75) is 11.7 Å². The van der Waals surface area contributed by atoms with E-state index in [0.29, 0.717) is 6.42 Å². The standard InChI is InChI=1S/C10H9NO2S.K/c12-9-8(14-10(13)11-9)6-7-4-2-1-3-5-7;/h1-5,8H,6H2,(H,11,12,13);/p-1. The summed E-state index contributed by atoms with van der Waals surface area (Å²) in [5, 5.41) is 10.1. The molecule has 0 N–H and O–H groups in total. The van der Waals surface area contributed by atoms with E-state index in [1.807, 2.05) is 30.3 Å². The largest absolute Gasteiger partial charge is 0.854 e. The zero-order chi connectivity index (χ0) is 9.97. The molecule has 1 heterocycles. The van der Waals surface area contributed by atoms with Crippen molar-refractivity contribution < 1.29 is 9.90 Å². The van der Waals surface area contributed by atoms with Gasteiger partial charge in [-0.1, -0.05) is 30.3 Å². The fraction of sp³-hybridized carbons (Fsp3) is 0.200. The van der Waals surface area contributed by atoms with Gasteiger partial charge in [-0.25, -0.2) is 4.99 Å². The zero-order valence-corrected chi connectivity index (χ0v) is 12.3. The van der Waals surface area contributed by atoms with Crippen molar-refractivity contribution in [2.75, 3.05) is 0 Å². The summed E-state index contributed by atoms with van der Waals surface area (Å²) in [7, 11) is 0. The predicted molar refractivity (Wildman–Crippen MR) is 59.7 cm³/mol. The molecule has 1 aliphatic heterocycles. The van der Waals surface area contributed by atoms with E-state index >= 15 is 0 Å². The van der Waals surface area contributed by atoms with E-state index in [1.165, 1.54) is 0 Å². The molecule has 0 saturated carbocycles. The van der Waals surface area contributed by atoms with Gasteiger partial charge in [0.15, 0.2) is 0 Å². The minimum Gasteiger partial charge on any atom is -0.854 e. The van der Waals surface area contributed by atoms with E-state index in [2.05, 4.69) is 4.99 Å². The summed E-state index contributed by atoms with van der Waals surface area (Å²) in [6, 6.07) is 9.63. The molecule has 0 aliphatic carbocycles. The van der Waals surface area contributed by atoms with Crippen molar-refractivity contribution in [3.63, 3.8) is 0 Å². The summed E-state index contributed by atoms with van der Waals surface area (Å²) < 4.78 is 0. The molecule has 1 aliphatic rings. The van der Waals surface area contributed by atoms with Crippen LogP contribution in [0.2, 0.25) is 0 Å². The van der Waals surface area contributed by atoms with Gasteiger partial charge in [0.2, 0.25) is 0 Å². The molecule has 1 radical (unpaired) electrons. The maximum Gasteiger partial charge on any atom is 0.259 e. The number of hydrogen-bond acceptors (Lipinski definition) is 3. The van der Waals surface area contributed by atoms with Gasteiger partial charge in [0.05, 0.1) is 5.25 Å². The van der Waals surface area contributed by atoms with E-state index in [4.69, 9.17) is 0 Å². The Bertz CT molecular complexity index is 380. The van der Waals surface area contributed by atoms with Crippen LogP contribution in [0.3, 0.4) is 0 Å². The van der Waals surface area contributed by atoms with Crippen LogP contribution in [0, 0.1) is 0 Å². The first-order valence-electron chi connectivity index (χ1n) is 4.26. The van der Waals surface area contributed by atoms with Gasteiger partial charge in [0.25, 0.3) is 5.91 Å². The number of thioether (sulfide) groups is 1. The Balaban J connectivity index is 0.00000112. The molecule has 0 spiro atoms. The van der Waals surface area contributed by atoms with Crippen molar-refractivity contribution in [1.82, 2.24) is 0 Å². The van der Waals surface area contributed by atoms with Crippen LogP contribution >= 0.6 is 11.8 Å². The first-order chi connectivity index (χ1) is 6.75. The average molecular weight is 245 g/mol. The van der Waals surface area contributed by atoms with Crippen LogP contribution in [0.5, 0.6) is 0 Å². The molecule has 1 amide bonds. The SMILES string of the molecule is O=C1N=C([O-])SC1Cc1ccccc1.[K]. The van der Waals surface area contributed by atoms with Crippen LogP contribution in [0.4, 0.5) is 0 Å². The Hall–Kier alpha value is 0.346. The van der Waals surface area contributed by atoms with E-state index in [9.17, 15) is 9.90 Å². The molecular formula is C10H8KNO2S-. The van der Waals surface area contributed by atoms with Crippen molar-refractivity contribution in [2.24, 2.45) is 4.99 Å². The number of hydrogen-bond donors (Lipinski definition) is 0.